The molecule has 2 heterocycles. The molecule has 0 spiro atoms. The molecule has 6 heteroatoms. The number of hydrogen-bond donors (Lipinski definition) is 1. The van der Waals surface area contributed by atoms with Crippen molar-refractivity contribution >= 4 is 17.5 Å². The maximum atomic E-state index is 11.6. The van der Waals surface area contributed by atoms with Gasteiger partial charge in [0.05, 0.1) is 18.9 Å². The monoisotopic (exact) mass is 279 g/mol. The lowest BCUT2D eigenvalue weighted by Crippen LogP contribution is -2.33. The first-order valence-electron chi connectivity index (χ1n) is 6.87. The molecule has 110 valence electrons. The zero-order valence-corrected chi connectivity index (χ0v) is 12.0. The van der Waals surface area contributed by atoms with Gasteiger partial charge in [0.1, 0.15) is 0 Å². The molecule has 1 unspecified atom stereocenters. The van der Waals surface area contributed by atoms with Crippen LogP contribution in [0.1, 0.15) is 30.3 Å². The number of esters is 1. The normalized spacial score (nSPS) is 18.0. The van der Waals surface area contributed by atoms with Crippen LogP contribution in [0.3, 0.4) is 0 Å². The first kappa shape index (κ1) is 14.6. The number of pyridine rings is 1. The average molecular weight is 279 g/mol. The predicted octanol–water partition coefficient (Wildman–Crippen LogP) is 1.46. The van der Waals surface area contributed by atoms with E-state index in [1.54, 1.807) is 12.1 Å². The van der Waals surface area contributed by atoms with E-state index >= 15 is 0 Å². The van der Waals surface area contributed by atoms with E-state index in [4.69, 9.17) is 15.2 Å². The Morgan fingerprint density at radius 1 is 1.60 bits per heavy atom. The summed E-state index contributed by atoms with van der Waals surface area (Å²) in [5.74, 6) is 0.158. The van der Waals surface area contributed by atoms with Crippen molar-refractivity contribution in [2.45, 2.75) is 25.9 Å². The number of carbonyl (C=O) groups excluding carboxylic acids is 1. The number of methoxy groups -OCH3 is 1. The Balaban J connectivity index is 2.20. The molecule has 20 heavy (non-hydrogen) atoms. The molecule has 0 saturated carbocycles. The molecule has 1 aromatic rings. The number of carbonyl (C=O) groups is 1. The van der Waals surface area contributed by atoms with Gasteiger partial charge in [0.25, 0.3) is 0 Å². The number of ether oxygens (including phenoxy) is 2. The van der Waals surface area contributed by atoms with Gasteiger partial charge in [-0.05, 0) is 31.9 Å². The molecule has 6 nitrogen and oxygen atoms in total. The van der Waals surface area contributed by atoms with Gasteiger partial charge in [-0.2, -0.15) is 0 Å². The number of aromatic nitrogens is 1. The average Bonchev–Trinajstić information content (AvgIpc) is 2.97. The fourth-order valence-corrected chi connectivity index (χ4v) is 2.33. The van der Waals surface area contributed by atoms with Gasteiger partial charge in [0.2, 0.25) is 0 Å². The topological polar surface area (TPSA) is 77.7 Å². The van der Waals surface area contributed by atoms with Crippen molar-refractivity contribution in [1.82, 2.24) is 4.98 Å². The molecule has 1 saturated heterocycles. The molecule has 1 aliphatic rings. The van der Waals surface area contributed by atoms with Crippen LogP contribution < -0.4 is 10.6 Å². The van der Waals surface area contributed by atoms with Crippen LogP contribution in [0.25, 0.3) is 0 Å². The van der Waals surface area contributed by atoms with Crippen molar-refractivity contribution < 1.29 is 14.3 Å². The molecule has 2 rings (SSSR count). The molecule has 1 aromatic heterocycles. The van der Waals surface area contributed by atoms with Crippen LogP contribution in [0, 0.1) is 0 Å². The van der Waals surface area contributed by atoms with Crippen molar-refractivity contribution in [3.8, 4) is 0 Å². The lowest BCUT2D eigenvalue weighted by atomic mass is 10.2. The lowest BCUT2D eigenvalue weighted by molar-refractivity contribution is 0.0594. The van der Waals surface area contributed by atoms with Crippen LogP contribution in [-0.4, -0.2) is 43.9 Å². The maximum absolute atomic E-state index is 11.6. The lowest BCUT2D eigenvalue weighted by Gasteiger charge is -2.26. The van der Waals surface area contributed by atoms with Crippen LogP contribution >= 0.6 is 0 Å². The smallest absolute Gasteiger partial charge is 0.356 e. The zero-order valence-electron chi connectivity index (χ0n) is 12.0. The van der Waals surface area contributed by atoms with Crippen LogP contribution in [-0.2, 0) is 9.47 Å². The van der Waals surface area contributed by atoms with Crippen molar-refractivity contribution in [3.63, 3.8) is 0 Å². The highest BCUT2D eigenvalue weighted by Gasteiger charge is 2.21. The summed E-state index contributed by atoms with van der Waals surface area (Å²) >= 11 is 0. The Hall–Kier alpha value is -1.82. The fraction of sp³-hybridized carbons (Fsp3) is 0.571. The Morgan fingerprint density at radius 3 is 3.00 bits per heavy atom. The highest BCUT2D eigenvalue weighted by atomic mass is 16.5. The van der Waals surface area contributed by atoms with Crippen molar-refractivity contribution in [3.05, 3.63) is 17.8 Å². The van der Waals surface area contributed by atoms with E-state index < -0.39 is 5.97 Å². The molecular formula is C14H21N3O3. The standard InChI is InChI=1S/C14H21N3O3/c1-3-17(9-10-5-4-8-20-10)13-11(15)6-7-12(16-13)14(18)19-2/h6-7,10H,3-5,8-9,15H2,1-2H3. The minimum atomic E-state index is -0.459. The van der Waals surface area contributed by atoms with E-state index in [0.29, 0.717) is 11.5 Å². The number of nitrogen functional groups attached to an aromatic ring is 1. The summed E-state index contributed by atoms with van der Waals surface area (Å²) in [6.45, 7) is 4.33. The zero-order chi connectivity index (χ0) is 14.5. The first-order valence-corrected chi connectivity index (χ1v) is 6.87. The van der Waals surface area contributed by atoms with E-state index in [0.717, 1.165) is 32.5 Å². The van der Waals surface area contributed by atoms with Crippen LogP contribution in [0.4, 0.5) is 11.5 Å². The molecule has 1 aliphatic heterocycles. The molecule has 0 radical (unpaired) electrons. The largest absolute Gasteiger partial charge is 0.464 e. The number of hydrogen-bond acceptors (Lipinski definition) is 6. The van der Waals surface area contributed by atoms with Crippen LogP contribution in [0.15, 0.2) is 12.1 Å². The van der Waals surface area contributed by atoms with Gasteiger partial charge in [-0.3, -0.25) is 0 Å². The summed E-state index contributed by atoms with van der Waals surface area (Å²) in [6.07, 6.45) is 2.35. The van der Waals surface area contributed by atoms with Crippen molar-refractivity contribution in [2.75, 3.05) is 37.4 Å². The summed E-state index contributed by atoms with van der Waals surface area (Å²) < 4.78 is 10.3. The SMILES string of the molecule is CCN(CC1CCCO1)c1nc(C(=O)OC)ccc1N. The molecule has 0 bridgehead atoms. The molecule has 0 amide bonds. The van der Waals surface area contributed by atoms with E-state index in [2.05, 4.69) is 4.98 Å². The van der Waals surface area contributed by atoms with Gasteiger partial charge in [-0.15, -0.1) is 0 Å². The van der Waals surface area contributed by atoms with Crippen LogP contribution in [0.5, 0.6) is 0 Å². The van der Waals surface area contributed by atoms with E-state index in [9.17, 15) is 4.79 Å². The molecular weight excluding hydrogens is 258 g/mol. The van der Waals surface area contributed by atoms with Gasteiger partial charge in [-0.25, -0.2) is 9.78 Å². The number of nitrogens with two attached hydrogens (primary N) is 1. The predicted molar refractivity (Wildman–Crippen MR) is 76.8 cm³/mol. The Kier molecular flexibility index (Phi) is 4.79. The molecule has 0 aliphatic carbocycles. The summed E-state index contributed by atoms with van der Waals surface area (Å²) in [7, 11) is 1.34. The van der Waals surface area contributed by atoms with Gasteiger partial charge in [0.15, 0.2) is 11.5 Å². The fourth-order valence-electron chi connectivity index (χ4n) is 2.33. The summed E-state index contributed by atoms with van der Waals surface area (Å²) in [5, 5.41) is 0. The van der Waals surface area contributed by atoms with E-state index in [-0.39, 0.29) is 11.8 Å². The number of nitrogens with zero attached hydrogens (tertiary/aromatic N) is 2. The summed E-state index contributed by atoms with van der Waals surface area (Å²) in [6, 6.07) is 3.26. The minimum absolute atomic E-state index is 0.206. The third kappa shape index (κ3) is 3.19. The highest BCUT2D eigenvalue weighted by molar-refractivity contribution is 5.88. The van der Waals surface area contributed by atoms with Crippen molar-refractivity contribution in [2.24, 2.45) is 0 Å². The highest BCUT2D eigenvalue weighted by Crippen LogP contribution is 2.23. The number of rotatable bonds is 5. The Bertz CT molecular complexity index is 473. The molecule has 1 fully saturated rings. The number of likely N-dealkylation sites (N-methyl/N-ethyl adjacent to an activating group) is 1. The number of anilines is 2. The Labute approximate surface area is 118 Å². The van der Waals surface area contributed by atoms with Crippen LogP contribution in [0.2, 0.25) is 0 Å². The van der Waals surface area contributed by atoms with E-state index in [1.807, 2.05) is 11.8 Å². The molecule has 0 aromatic carbocycles. The van der Waals surface area contributed by atoms with Gasteiger partial charge >= 0.3 is 5.97 Å². The summed E-state index contributed by atoms with van der Waals surface area (Å²) in [5.41, 5.74) is 6.80. The Morgan fingerprint density at radius 2 is 2.40 bits per heavy atom. The molecule has 1 atom stereocenters. The van der Waals surface area contributed by atoms with Gasteiger partial charge in [0, 0.05) is 19.7 Å². The first-order chi connectivity index (χ1) is 9.65. The maximum Gasteiger partial charge on any atom is 0.356 e. The second kappa shape index (κ2) is 6.56. The quantitative estimate of drug-likeness (QED) is 0.822. The minimum Gasteiger partial charge on any atom is -0.464 e. The second-order valence-electron chi connectivity index (χ2n) is 4.77. The van der Waals surface area contributed by atoms with Gasteiger partial charge < -0.3 is 20.1 Å². The summed E-state index contributed by atoms with van der Waals surface area (Å²) in [4.78, 5) is 17.9. The van der Waals surface area contributed by atoms with Crippen molar-refractivity contribution in [1.29, 1.82) is 0 Å². The third-order valence-electron chi connectivity index (χ3n) is 3.43. The van der Waals surface area contributed by atoms with Gasteiger partial charge in [-0.1, -0.05) is 0 Å². The molecule has 2 N–H and O–H groups in total. The second-order valence-corrected chi connectivity index (χ2v) is 4.77. The van der Waals surface area contributed by atoms with E-state index in [1.165, 1.54) is 7.11 Å². The third-order valence-corrected chi connectivity index (χ3v) is 3.43.